The molecule has 0 aliphatic rings. The quantitative estimate of drug-likeness (QED) is 0.0554. The zero-order valence-corrected chi connectivity index (χ0v) is 51.2. The van der Waals surface area contributed by atoms with Crippen molar-refractivity contribution in [1.29, 1.82) is 0 Å². The SMILES string of the molecule is C(=Cc1cccc(C=Cc2ccc(N(c3ccc(/C=C/C=C(c4ccccc4)c4ccccc4)cc3)c3ccc(-c4ccccc4)cc3)cc2)c1)c1ccc(N(c2ccc(/C=C/C=C(c3ccccc3)c3ccccc3)cc2)c2ccc(-c3ccccc3)cc2)cc1. The van der Waals surface area contributed by atoms with E-state index in [9.17, 15) is 0 Å². The van der Waals surface area contributed by atoms with Crippen LogP contribution < -0.4 is 9.80 Å². The van der Waals surface area contributed by atoms with E-state index in [-0.39, 0.29) is 0 Å². The molecule has 0 atom stereocenters. The van der Waals surface area contributed by atoms with Crippen LogP contribution in [0.5, 0.6) is 0 Å². The number of allylic oxidation sites excluding steroid dienone is 4. The van der Waals surface area contributed by atoms with E-state index in [0.717, 1.165) is 67.5 Å². The lowest BCUT2D eigenvalue weighted by Crippen LogP contribution is -2.09. The van der Waals surface area contributed by atoms with Gasteiger partial charge in [-0.3, -0.25) is 0 Å². The standard InChI is InChI=1S/C90H68N2/c1-7-26-75(27-8-1)77-52-64-87(65-53-77)91(83-56-44-69(45-57-83)22-20-38-89(79-30-11-3-12-31-79)80-32-13-4-14-33-80)85-60-48-71(49-61-85)40-42-73-24-19-25-74(68-73)43-41-72-50-62-86(63-51-72)92(88-66-54-78(55-67-88)76-28-9-2-10-29-76)84-58-46-70(47-59-84)23-21-39-90(81-34-15-5-16-35-81)82-36-17-6-18-37-82/h1-68H/b22-20+,23-21+,42-40?,43-41?. The second kappa shape index (κ2) is 29.3. The first kappa shape index (κ1) is 58.9. The number of nitrogens with zero attached hydrogens (tertiary/aromatic N) is 2. The van der Waals surface area contributed by atoms with Gasteiger partial charge in [0.2, 0.25) is 0 Å². The minimum atomic E-state index is 1.07. The van der Waals surface area contributed by atoms with Crippen molar-refractivity contribution in [3.8, 4) is 22.3 Å². The lowest BCUT2D eigenvalue weighted by Gasteiger charge is -2.26. The fourth-order valence-electron chi connectivity index (χ4n) is 11.6. The van der Waals surface area contributed by atoms with E-state index < -0.39 is 0 Å². The van der Waals surface area contributed by atoms with Crippen LogP contribution in [0.2, 0.25) is 0 Å². The average Bonchev–Trinajstić information content (AvgIpc) is 1.07. The molecule has 13 aromatic rings. The molecular weight excluding hydrogens is 1110 g/mol. The molecule has 438 valence electrons. The molecule has 92 heavy (non-hydrogen) atoms. The molecule has 13 rings (SSSR count). The predicted molar refractivity (Wildman–Crippen MR) is 395 cm³/mol. The largest absolute Gasteiger partial charge is 0.311 e. The maximum absolute atomic E-state index is 2.33. The number of hydrogen-bond acceptors (Lipinski definition) is 2. The smallest absolute Gasteiger partial charge is 0.0462 e. The third-order valence-corrected chi connectivity index (χ3v) is 16.4. The van der Waals surface area contributed by atoms with Crippen molar-refractivity contribution < 1.29 is 0 Å². The summed E-state index contributed by atoms with van der Waals surface area (Å²) in [6.45, 7) is 0. The van der Waals surface area contributed by atoms with E-state index in [4.69, 9.17) is 0 Å². The first-order valence-electron chi connectivity index (χ1n) is 31.4. The fraction of sp³-hybridized carbons (Fsp3) is 0. The van der Waals surface area contributed by atoms with Crippen molar-refractivity contribution in [2.75, 3.05) is 9.80 Å². The van der Waals surface area contributed by atoms with Gasteiger partial charge in [0, 0.05) is 34.1 Å². The lowest BCUT2D eigenvalue weighted by molar-refractivity contribution is 1.28. The topological polar surface area (TPSA) is 6.48 Å². The summed E-state index contributed by atoms with van der Waals surface area (Å²) >= 11 is 0. The van der Waals surface area contributed by atoms with Gasteiger partial charge in [-0.15, -0.1) is 0 Å². The van der Waals surface area contributed by atoms with E-state index >= 15 is 0 Å². The molecule has 13 aromatic carbocycles. The van der Waals surface area contributed by atoms with Crippen LogP contribution in [0.4, 0.5) is 34.1 Å². The van der Waals surface area contributed by atoms with Crippen LogP contribution in [0.15, 0.2) is 376 Å². The molecule has 0 heterocycles. The van der Waals surface area contributed by atoms with Crippen molar-refractivity contribution >= 4 is 81.7 Å². The maximum Gasteiger partial charge on any atom is 0.0462 e. The first-order valence-corrected chi connectivity index (χ1v) is 31.4. The highest BCUT2D eigenvalue weighted by atomic mass is 15.1. The van der Waals surface area contributed by atoms with E-state index in [1.165, 1.54) is 55.7 Å². The first-order chi connectivity index (χ1) is 45.6. The molecule has 0 fully saturated rings. The molecule has 0 amide bonds. The normalized spacial score (nSPS) is 11.3. The third-order valence-electron chi connectivity index (χ3n) is 16.4. The molecule has 0 aliphatic carbocycles. The van der Waals surface area contributed by atoms with Crippen LogP contribution in [0.1, 0.15) is 55.6 Å². The van der Waals surface area contributed by atoms with Gasteiger partial charge in [0.1, 0.15) is 0 Å². The van der Waals surface area contributed by atoms with Crippen LogP contribution >= 0.6 is 0 Å². The minimum absolute atomic E-state index is 1.07. The molecule has 0 spiro atoms. The summed E-state index contributed by atoms with van der Waals surface area (Å²) in [4.78, 5) is 4.66. The molecule has 0 saturated heterocycles. The van der Waals surface area contributed by atoms with Crippen LogP contribution in [0.3, 0.4) is 0 Å². The van der Waals surface area contributed by atoms with Crippen LogP contribution in [-0.4, -0.2) is 0 Å². The molecule has 2 nitrogen and oxygen atoms in total. The number of hydrogen-bond donors (Lipinski definition) is 0. The Labute approximate surface area is 542 Å². The summed E-state index contributed by atoms with van der Waals surface area (Å²) in [5, 5.41) is 0. The predicted octanol–water partition coefficient (Wildman–Crippen LogP) is 24.6. The van der Waals surface area contributed by atoms with Crippen molar-refractivity contribution in [2.45, 2.75) is 0 Å². The van der Waals surface area contributed by atoms with E-state index in [2.05, 4.69) is 422 Å². The second-order valence-corrected chi connectivity index (χ2v) is 22.5. The Balaban J connectivity index is 0.710. The summed E-state index contributed by atoms with van der Waals surface area (Å²) in [5.74, 6) is 0. The van der Waals surface area contributed by atoms with Gasteiger partial charge < -0.3 is 9.80 Å². The molecule has 0 bridgehead atoms. The van der Waals surface area contributed by atoms with Gasteiger partial charge in [-0.25, -0.2) is 0 Å². The summed E-state index contributed by atoms with van der Waals surface area (Å²) < 4.78 is 0. The zero-order valence-electron chi connectivity index (χ0n) is 51.2. The molecule has 0 aromatic heterocycles. The van der Waals surface area contributed by atoms with E-state index in [1.807, 2.05) is 0 Å². The van der Waals surface area contributed by atoms with Crippen LogP contribution in [-0.2, 0) is 0 Å². The Hall–Kier alpha value is -12.1. The van der Waals surface area contributed by atoms with Crippen molar-refractivity contribution in [3.63, 3.8) is 0 Å². The van der Waals surface area contributed by atoms with E-state index in [1.54, 1.807) is 0 Å². The van der Waals surface area contributed by atoms with Crippen LogP contribution in [0.25, 0.3) is 69.9 Å². The summed E-state index contributed by atoms with van der Waals surface area (Å²) in [6, 6.07) is 125. The van der Waals surface area contributed by atoms with Gasteiger partial charge in [-0.1, -0.05) is 334 Å². The Morgan fingerprint density at radius 1 is 0.185 bits per heavy atom. The van der Waals surface area contributed by atoms with Crippen molar-refractivity contribution in [2.24, 2.45) is 0 Å². The zero-order chi connectivity index (χ0) is 61.9. The highest BCUT2D eigenvalue weighted by Crippen LogP contribution is 2.39. The third kappa shape index (κ3) is 14.9. The average molecular weight is 1180 g/mol. The van der Waals surface area contributed by atoms with Gasteiger partial charge in [0.15, 0.2) is 0 Å². The van der Waals surface area contributed by atoms with E-state index in [0.29, 0.717) is 0 Å². The summed E-state index contributed by atoms with van der Waals surface area (Å²) in [6.07, 6.45) is 21.8. The fourth-order valence-corrected chi connectivity index (χ4v) is 11.6. The van der Waals surface area contributed by atoms with Gasteiger partial charge in [0.25, 0.3) is 0 Å². The Bertz CT molecular complexity index is 4280. The molecule has 0 saturated carbocycles. The van der Waals surface area contributed by atoms with Crippen molar-refractivity contribution in [3.05, 3.63) is 432 Å². The second-order valence-electron chi connectivity index (χ2n) is 22.5. The molecule has 0 aliphatic heterocycles. The monoisotopic (exact) mass is 1180 g/mol. The number of benzene rings is 13. The Morgan fingerprint density at radius 3 is 0.696 bits per heavy atom. The molecule has 0 radical (unpaired) electrons. The van der Waals surface area contributed by atoms with Gasteiger partial charge in [0.05, 0.1) is 0 Å². The molecule has 0 N–H and O–H groups in total. The van der Waals surface area contributed by atoms with Gasteiger partial charge >= 0.3 is 0 Å². The van der Waals surface area contributed by atoms with Gasteiger partial charge in [-0.2, -0.15) is 0 Å². The molecule has 0 unspecified atom stereocenters. The lowest BCUT2D eigenvalue weighted by atomic mass is 9.97. The summed E-state index contributed by atoms with van der Waals surface area (Å²) in [7, 11) is 0. The maximum atomic E-state index is 2.33. The number of anilines is 6. The van der Waals surface area contributed by atoms with Gasteiger partial charge in [-0.05, 0) is 168 Å². The summed E-state index contributed by atoms with van der Waals surface area (Å²) in [5.41, 5.74) is 25.1. The highest BCUT2D eigenvalue weighted by molar-refractivity contribution is 5.86. The molecule has 2 heteroatoms. The van der Waals surface area contributed by atoms with Crippen molar-refractivity contribution in [1.82, 2.24) is 0 Å². The molecular formula is C90H68N2. The number of rotatable bonds is 20. The van der Waals surface area contributed by atoms with Crippen LogP contribution in [0, 0.1) is 0 Å². The minimum Gasteiger partial charge on any atom is -0.311 e. The Kier molecular flexibility index (Phi) is 18.7. The Morgan fingerprint density at radius 2 is 0.413 bits per heavy atom. The highest BCUT2D eigenvalue weighted by Gasteiger charge is 2.16.